The van der Waals surface area contributed by atoms with Gasteiger partial charge in [-0.3, -0.25) is 4.79 Å². The molecule has 0 spiro atoms. The number of carbonyl (C=O) groups excluding carboxylic acids is 1. The molecule has 0 aliphatic carbocycles. The van der Waals surface area contributed by atoms with Crippen LogP contribution in [0.4, 0.5) is 0 Å². The second kappa shape index (κ2) is 5.90. The summed E-state index contributed by atoms with van der Waals surface area (Å²) in [6, 6.07) is 0. The number of hydrogen-bond acceptors (Lipinski definition) is 5. The van der Waals surface area contributed by atoms with Crippen molar-refractivity contribution in [2.24, 2.45) is 0 Å². The number of nitrogens with zero attached hydrogens (tertiary/aromatic N) is 1. The van der Waals surface area contributed by atoms with Gasteiger partial charge in [0.15, 0.2) is 0 Å². The van der Waals surface area contributed by atoms with E-state index in [1.165, 1.54) is 7.11 Å². The maximum absolute atomic E-state index is 10.7. The predicted octanol–water partition coefficient (Wildman–Crippen LogP) is -1.17. The Kier molecular flexibility index (Phi) is 5.61. The number of methoxy groups -OCH3 is 1. The van der Waals surface area contributed by atoms with Gasteiger partial charge in [0.2, 0.25) is 0 Å². The van der Waals surface area contributed by atoms with Crippen molar-refractivity contribution in [3.63, 3.8) is 0 Å². The highest BCUT2D eigenvalue weighted by Crippen LogP contribution is 2.01. The normalized spacial score (nSPS) is 15.5. The summed E-state index contributed by atoms with van der Waals surface area (Å²) in [6.45, 7) is 0.318. The summed E-state index contributed by atoms with van der Waals surface area (Å²) in [7, 11) is 4.79. The van der Waals surface area contributed by atoms with Crippen molar-refractivity contribution >= 4 is 5.97 Å². The summed E-state index contributed by atoms with van der Waals surface area (Å²) in [6.07, 6.45) is -2.16. The molecular formula is C8H17NO4. The third-order valence-corrected chi connectivity index (χ3v) is 1.60. The van der Waals surface area contributed by atoms with E-state index in [4.69, 9.17) is 0 Å². The van der Waals surface area contributed by atoms with Gasteiger partial charge in [-0.2, -0.15) is 0 Å². The number of carbonyl (C=O) groups is 1. The first-order valence-electron chi connectivity index (χ1n) is 4.05. The molecule has 0 rings (SSSR count). The Morgan fingerprint density at radius 2 is 1.92 bits per heavy atom. The molecular weight excluding hydrogens is 174 g/mol. The Hall–Kier alpha value is -0.650. The lowest BCUT2D eigenvalue weighted by Gasteiger charge is -2.20. The van der Waals surface area contributed by atoms with Crippen LogP contribution >= 0.6 is 0 Å². The minimum Gasteiger partial charge on any atom is -0.469 e. The maximum Gasteiger partial charge on any atom is 0.308 e. The average molecular weight is 191 g/mol. The van der Waals surface area contributed by atoms with Crippen LogP contribution in [0.1, 0.15) is 6.42 Å². The van der Waals surface area contributed by atoms with Gasteiger partial charge in [-0.25, -0.2) is 0 Å². The number of aliphatic hydroxyl groups excluding tert-OH is 2. The molecule has 0 aromatic rings. The van der Waals surface area contributed by atoms with Crippen molar-refractivity contribution < 1.29 is 19.7 Å². The van der Waals surface area contributed by atoms with Crippen LogP contribution in [0.15, 0.2) is 0 Å². The summed E-state index contributed by atoms with van der Waals surface area (Å²) in [5.41, 5.74) is 0. The van der Waals surface area contributed by atoms with E-state index >= 15 is 0 Å². The first kappa shape index (κ1) is 12.3. The van der Waals surface area contributed by atoms with Crippen molar-refractivity contribution in [3.8, 4) is 0 Å². The van der Waals surface area contributed by atoms with Gasteiger partial charge < -0.3 is 19.8 Å². The standard InChI is InChI=1S/C8H17NO4/c1-9(2)5-7(11)6(10)4-8(12)13-3/h6-7,10-11H,4-5H2,1-3H3/t6-,7-/m1/s1. The van der Waals surface area contributed by atoms with Gasteiger partial charge >= 0.3 is 5.97 Å². The van der Waals surface area contributed by atoms with Crippen LogP contribution in [-0.2, 0) is 9.53 Å². The third kappa shape index (κ3) is 5.57. The average Bonchev–Trinajstić information content (AvgIpc) is 2.02. The quantitative estimate of drug-likeness (QED) is 0.536. The van der Waals surface area contributed by atoms with Gasteiger partial charge in [0.25, 0.3) is 0 Å². The summed E-state index contributed by atoms with van der Waals surface area (Å²) in [4.78, 5) is 12.4. The fraction of sp³-hybridized carbons (Fsp3) is 0.875. The third-order valence-electron chi connectivity index (χ3n) is 1.60. The number of aliphatic hydroxyl groups is 2. The molecule has 0 aliphatic rings. The van der Waals surface area contributed by atoms with E-state index in [9.17, 15) is 15.0 Å². The van der Waals surface area contributed by atoms with Crippen LogP contribution in [-0.4, -0.2) is 61.0 Å². The molecule has 5 heteroatoms. The Morgan fingerprint density at radius 1 is 1.38 bits per heavy atom. The smallest absolute Gasteiger partial charge is 0.308 e. The molecule has 0 unspecified atom stereocenters. The summed E-state index contributed by atoms with van der Waals surface area (Å²) >= 11 is 0. The zero-order valence-electron chi connectivity index (χ0n) is 8.23. The molecule has 0 radical (unpaired) electrons. The van der Waals surface area contributed by atoms with Crippen molar-refractivity contribution in [1.29, 1.82) is 0 Å². The number of hydrogen-bond donors (Lipinski definition) is 2. The number of esters is 1. The zero-order valence-corrected chi connectivity index (χ0v) is 8.23. The lowest BCUT2D eigenvalue weighted by Crippen LogP contribution is -2.37. The Morgan fingerprint density at radius 3 is 2.31 bits per heavy atom. The highest BCUT2D eigenvalue weighted by molar-refractivity contribution is 5.69. The molecule has 0 saturated heterocycles. The largest absolute Gasteiger partial charge is 0.469 e. The molecule has 2 atom stereocenters. The molecule has 0 aliphatic heterocycles. The number of rotatable bonds is 5. The van der Waals surface area contributed by atoms with E-state index < -0.39 is 18.2 Å². The molecule has 0 aromatic carbocycles. The van der Waals surface area contributed by atoms with Crippen LogP contribution in [0.3, 0.4) is 0 Å². The van der Waals surface area contributed by atoms with Gasteiger partial charge in [0.05, 0.1) is 25.7 Å². The predicted molar refractivity (Wildman–Crippen MR) is 47.2 cm³/mol. The van der Waals surface area contributed by atoms with E-state index in [2.05, 4.69) is 4.74 Å². The minimum absolute atomic E-state index is 0.175. The Labute approximate surface area is 77.9 Å². The van der Waals surface area contributed by atoms with Crippen LogP contribution < -0.4 is 0 Å². The van der Waals surface area contributed by atoms with Gasteiger partial charge in [0, 0.05) is 6.54 Å². The van der Waals surface area contributed by atoms with E-state index in [-0.39, 0.29) is 6.42 Å². The minimum atomic E-state index is -1.06. The zero-order chi connectivity index (χ0) is 10.4. The van der Waals surface area contributed by atoms with E-state index in [1.54, 1.807) is 19.0 Å². The molecule has 2 N–H and O–H groups in total. The number of likely N-dealkylation sites (N-methyl/N-ethyl adjacent to an activating group) is 1. The summed E-state index contributed by atoms with van der Waals surface area (Å²) in [5.74, 6) is -0.523. The second-order valence-electron chi connectivity index (χ2n) is 3.18. The molecule has 13 heavy (non-hydrogen) atoms. The van der Waals surface area contributed by atoms with Gasteiger partial charge in [0.1, 0.15) is 0 Å². The van der Waals surface area contributed by atoms with E-state index in [1.807, 2.05) is 0 Å². The van der Waals surface area contributed by atoms with Gasteiger partial charge in [-0.1, -0.05) is 0 Å². The molecule has 0 saturated carbocycles. The Bertz CT molecular complexity index is 160. The fourth-order valence-electron chi connectivity index (χ4n) is 0.886. The van der Waals surface area contributed by atoms with Crippen molar-refractivity contribution in [2.75, 3.05) is 27.7 Å². The molecule has 0 aromatic heterocycles. The first-order chi connectivity index (χ1) is 5.97. The van der Waals surface area contributed by atoms with E-state index in [0.717, 1.165) is 0 Å². The lowest BCUT2D eigenvalue weighted by atomic mass is 10.1. The molecule has 0 amide bonds. The first-order valence-corrected chi connectivity index (χ1v) is 4.05. The maximum atomic E-state index is 10.7. The highest BCUT2D eigenvalue weighted by atomic mass is 16.5. The highest BCUT2D eigenvalue weighted by Gasteiger charge is 2.20. The van der Waals surface area contributed by atoms with Gasteiger partial charge in [-0.15, -0.1) is 0 Å². The Balaban J connectivity index is 3.81. The molecule has 78 valence electrons. The summed E-state index contributed by atoms with van der Waals surface area (Å²) < 4.78 is 4.35. The fourth-order valence-corrected chi connectivity index (χ4v) is 0.886. The molecule has 0 bridgehead atoms. The molecule has 5 nitrogen and oxygen atoms in total. The molecule has 0 heterocycles. The lowest BCUT2D eigenvalue weighted by molar-refractivity contribution is -0.144. The van der Waals surface area contributed by atoms with Gasteiger partial charge in [-0.05, 0) is 14.1 Å². The monoisotopic (exact) mass is 191 g/mol. The number of ether oxygens (including phenoxy) is 1. The van der Waals surface area contributed by atoms with Crippen molar-refractivity contribution in [2.45, 2.75) is 18.6 Å². The van der Waals surface area contributed by atoms with E-state index in [0.29, 0.717) is 6.54 Å². The van der Waals surface area contributed by atoms with Crippen LogP contribution in [0.25, 0.3) is 0 Å². The SMILES string of the molecule is COC(=O)C[C@@H](O)[C@H](O)CN(C)C. The second-order valence-corrected chi connectivity index (χ2v) is 3.18. The van der Waals surface area contributed by atoms with Crippen molar-refractivity contribution in [3.05, 3.63) is 0 Å². The summed E-state index contributed by atoms with van der Waals surface area (Å²) in [5, 5.41) is 18.6. The van der Waals surface area contributed by atoms with Crippen LogP contribution in [0.2, 0.25) is 0 Å². The topological polar surface area (TPSA) is 70.0 Å². The van der Waals surface area contributed by atoms with Crippen LogP contribution in [0, 0.1) is 0 Å². The molecule has 0 fully saturated rings. The van der Waals surface area contributed by atoms with Crippen molar-refractivity contribution in [1.82, 2.24) is 4.90 Å². The van der Waals surface area contributed by atoms with Crippen LogP contribution in [0.5, 0.6) is 0 Å².